The Morgan fingerprint density at radius 3 is 2.22 bits per heavy atom. The normalized spacial score (nSPS) is 14.9. The van der Waals surface area contributed by atoms with E-state index in [0.29, 0.717) is 12.5 Å². The first-order chi connectivity index (χ1) is 11.1. The molecule has 1 saturated heterocycles. The number of benzene rings is 2. The van der Waals surface area contributed by atoms with Crippen molar-refractivity contribution in [2.75, 3.05) is 11.4 Å². The van der Waals surface area contributed by atoms with Gasteiger partial charge in [-0.2, -0.15) is 0 Å². The van der Waals surface area contributed by atoms with Crippen LogP contribution in [0.4, 0.5) is 10.5 Å². The second-order valence-electron chi connectivity index (χ2n) is 6.08. The maximum absolute atomic E-state index is 12.5. The Hall–Kier alpha value is -2.62. The highest BCUT2D eigenvalue weighted by Gasteiger charge is 2.36. The van der Waals surface area contributed by atoms with Gasteiger partial charge in [0.1, 0.15) is 6.54 Å². The van der Waals surface area contributed by atoms with Crippen LogP contribution < -0.4 is 4.90 Å². The molecule has 2 aromatic rings. The molecule has 1 heterocycles. The summed E-state index contributed by atoms with van der Waals surface area (Å²) in [7, 11) is 0. The largest absolute Gasteiger partial charge is 0.332 e. The van der Waals surface area contributed by atoms with Crippen LogP contribution in [0.3, 0.4) is 0 Å². The fourth-order valence-electron chi connectivity index (χ4n) is 2.70. The number of rotatable bonds is 4. The van der Waals surface area contributed by atoms with E-state index in [1.54, 1.807) is 0 Å². The number of hydrogen-bond donors (Lipinski definition) is 0. The quantitative estimate of drug-likeness (QED) is 0.807. The van der Waals surface area contributed by atoms with Gasteiger partial charge in [0.25, 0.3) is 5.91 Å². The standard InChI is InChI=1S/C19H20N2O2/c1-14(2)16-10-8-15(9-11-16)12-21-18(22)13-20(19(21)23)17-6-4-3-5-7-17/h3-11,14H,12-13H2,1-2H3. The Kier molecular flexibility index (Phi) is 4.15. The molecule has 0 spiro atoms. The molecule has 0 N–H and O–H groups in total. The number of carbonyl (C=O) groups is 2. The number of imide groups is 1. The van der Waals surface area contributed by atoms with Crippen molar-refractivity contribution in [3.05, 3.63) is 65.7 Å². The fourth-order valence-corrected chi connectivity index (χ4v) is 2.70. The number of urea groups is 1. The number of anilines is 1. The summed E-state index contributed by atoms with van der Waals surface area (Å²) in [6.07, 6.45) is 0. The van der Waals surface area contributed by atoms with E-state index in [1.165, 1.54) is 15.4 Å². The fraction of sp³-hybridized carbons (Fsp3) is 0.263. The number of hydrogen-bond acceptors (Lipinski definition) is 2. The van der Waals surface area contributed by atoms with Crippen LogP contribution in [0.15, 0.2) is 54.6 Å². The molecule has 3 rings (SSSR count). The smallest absolute Gasteiger partial charge is 0.285 e. The molecule has 4 heteroatoms. The zero-order valence-electron chi connectivity index (χ0n) is 13.4. The van der Waals surface area contributed by atoms with E-state index >= 15 is 0 Å². The van der Waals surface area contributed by atoms with E-state index in [0.717, 1.165) is 11.3 Å². The Bertz CT molecular complexity index is 708. The van der Waals surface area contributed by atoms with Crippen LogP contribution in [-0.2, 0) is 11.3 Å². The predicted molar refractivity (Wildman–Crippen MR) is 90.3 cm³/mol. The summed E-state index contributed by atoms with van der Waals surface area (Å²) >= 11 is 0. The lowest BCUT2D eigenvalue weighted by atomic mass is 10.0. The molecule has 0 saturated carbocycles. The van der Waals surface area contributed by atoms with Crippen LogP contribution in [0.2, 0.25) is 0 Å². The predicted octanol–water partition coefficient (Wildman–Crippen LogP) is 3.78. The highest BCUT2D eigenvalue weighted by atomic mass is 16.2. The number of carbonyl (C=O) groups excluding carboxylic acids is 2. The van der Waals surface area contributed by atoms with E-state index in [4.69, 9.17) is 0 Å². The molecule has 1 fully saturated rings. The second-order valence-corrected chi connectivity index (χ2v) is 6.08. The van der Waals surface area contributed by atoms with E-state index in [2.05, 4.69) is 26.0 Å². The van der Waals surface area contributed by atoms with Crippen LogP contribution in [0, 0.1) is 0 Å². The van der Waals surface area contributed by atoms with E-state index in [1.807, 2.05) is 42.5 Å². The SMILES string of the molecule is CC(C)c1ccc(CN2C(=O)CN(c3ccccc3)C2=O)cc1. The minimum Gasteiger partial charge on any atom is -0.285 e. The summed E-state index contributed by atoms with van der Waals surface area (Å²) in [6.45, 7) is 4.70. The maximum Gasteiger partial charge on any atom is 0.332 e. The molecule has 0 radical (unpaired) electrons. The molecule has 118 valence electrons. The molecule has 3 amide bonds. The molecule has 1 aliphatic heterocycles. The average Bonchev–Trinajstić information content (AvgIpc) is 2.84. The van der Waals surface area contributed by atoms with Gasteiger partial charge in [-0.1, -0.05) is 56.3 Å². The van der Waals surface area contributed by atoms with Crippen LogP contribution in [0.5, 0.6) is 0 Å². The minimum absolute atomic E-state index is 0.104. The molecule has 2 aromatic carbocycles. The molecule has 0 aliphatic carbocycles. The minimum atomic E-state index is -0.255. The summed E-state index contributed by atoms with van der Waals surface area (Å²) < 4.78 is 0. The van der Waals surface area contributed by atoms with Crippen molar-refractivity contribution in [3.8, 4) is 0 Å². The van der Waals surface area contributed by atoms with Gasteiger partial charge in [0.2, 0.25) is 0 Å². The summed E-state index contributed by atoms with van der Waals surface area (Å²) in [6, 6.07) is 17.1. The van der Waals surface area contributed by atoms with Gasteiger partial charge in [-0.15, -0.1) is 0 Å². The van der Waals surface area contributed by atoms with Gasteiger partial charge < -0.3 is 0 Å². The Balaban J connectivity index is 1.75. The lowest BCUT2D eigenvalue weighted by Crippen LogP contribution is -2.32. The Morgan fingerprint density at radius 2 is 1.61 bits per heavy atom. The molecule has 0 aromatic heterocycles. The van der Waals surface area contributed by atoms with Crippen molar-refractivity contribution < 1.29 is 9.59 Å². The highest BCUT2D eigenvalue weighted by molar-refractivity contribution is 6.12. The number of nitrogens with zero attached hydrogens (tertiary/aromatic N) is 2. The van der Waals surface area contributed by atoms with Crippen LogP contribution in [-0.4, -0.2) is 23.4 Å². The third kappa shape index (κ3) is 3.11. The molecule has 23 heavy (non-hydrogen) atoms. The van der Waals surface area contributed by atoms with Gasteiger partial charge in [-0.25, -0.2) is 4.79 Å². The summed E-state index contributed by atoms with van der Waals surface area (Å²) in [5.41, 5.74) is 2.97. The monoisotopic (exact) mass is 308 g/mol. The van der Waals surface area contributed by atoms with Crippen molar-refractivity contribution in [2.24, 2.45) is 0 Å². The van der Waals surface area contributed by atoms with Gasteiger partial charge >= 0.3 is 6.03 Å². The van der Waals surface area contributed by atoms with Crippen molar-refractivity contribution >= 4 is 17.6 Å². The summed E-state index contributed by atoms with van der Waals surface area (Å²) in [4.78, 5) is 27.6. The van der Waals surface area contributed by atoms with Gasteiger partial charge in [0, 0.05) is 5.69 Å². The van der Waals surface area contributed by atoms with Crippen LogP contribution >= 0.6 is 0 Å². The van der Waals surface area contributed by atoms with Gasteiger partial charge in [0.05, 0.1) is 6.54 Å². The van der Waals surface area contributed by atoms with Gasteiger partial charge in [-0.05, 0) is 29.2 Å². The molecule has 0 atom stereocenters. The first kappa shape index (κ1) is 15.3. The summed E-state index contributed by atoms with van der Waals surface area (Å²) in [5.74, 6) is 0.305. The molecular weight excluding hydrogens is 288 g/mol. The highest BCUT2D eigenvalue weighted by Crippen LogP contribution is 2.23. The zero-order valence-corrected chi connectivity index (χ0v) is 13.4. The Labute approximate surface area is 136 Å². The zero-order chi connectivity index (χ0) is 16.4. The molecule has 1 aliphatic rings. The van der Waals surface area contributed by atoms with Crippen LogP contribution in [0.1, 0.15) is 30.9 Å². The molecule has 0 unspecified atom stereocenters. The van der Waals surface area contributed by atoms with Crippen LogP contribution in [0.25, 0.3) is 0 Å². The van der Waals surface area contributed by atoms with Crippen molar-refractivity contribution in [2.45, 2.75) is 26.3 Å². The molecule has 4 nitrogen and oxygen atoms in total. The van der Waals surface area contributed by atoms with E-state index < -0.39 is 0 Å². The van der Waals surface area contributed by atoms with E-state index in [-0.39, 0.29) is 18.5 Å². The number of amides is 3. The topological polar surface area (TPSA) is 40.6 Å². The third-order valence-electron chi connectivity index (χ3n) is 4.11. The van der Waals surface area contributed by atoms with E-state index in [9.17, 15) is 9.59 Å². The lowest BCUT2D eigenvalue weighted by Gasteiger charge is -2.17. The Morgan fingerprint density at radius 1 is 0.957 bits per heavy atom. The van der Waals surface area contributed by atoms with Crippen molar-refractivity contribution in [1.82, 2.24) is 4.90 Å². The second kappa shape index (κ2) is 6.24. The summed E-state index contributed by atoms with van der Waals surface area (Å²) in [5, 5.41) is 0. The van der Waals surface area contributed by atoms with Crippen molar-refractivity contribution in [1.29, 1.82) is 0 Å². The average molecular weight is 308 g/mol. The molecule has 0 bridgehead atoms. The maximum atomic E-state index is 12.5. The number of para-hydroxylation sites is 1. The van der Waals surface area contributed by atoms with Gasteiger partial charge in [0.15, 0.2) is 0 Å². The lowest BCUT2D eigenvalue weighted by molar-refractivity contribution is -0.125. The van der Waals surface area contributed by atoms with Gasteiger partial charge in [-0.3, -0.25) is 14.6 Å². The third-order valence-corrected chi connectivity index (χ3v) is 4.11. The first-order valence-electron chi connectivity index (χ1n) is 7.82. The molecular formula is C19H20N2O2. The van der Waals surface area contributed by atoms with Crippen molar-refractivity contribution in [3.63, 3.8) is 0 Å². The first-order valence-corrected chi connectivity index (χ1v) is 7.82.